The molecule has 0 saturated carbocycles. The summed E-state index contributed by atoms with van der Waals surface area (Å²) >= 11 is 0. The number of esters is 2. The molecular weight excluding hydrogens is 816 g/mol. The third-order valence-corrected chi connectivity index (χ3v) is 6.27. The Morgan fingerprint density at radius 1 is 0.590 bits per heavy atom. The molecule has 0 fully saturated rings. The molecule has 0 saturated heterocycles. The summed E-state index contributed by atoms with van der Waals surface area (Å²) in [5.74, 6) is -0.379. The number of ether oxygens (including phenoxy) is 2. The molecule has 0 bridgehead atoms. The van der Waals surface area contributed by atoms with Crippen LogP contribution in [0.2, 0.25) is 0 Å². The number of nitro groups is 3. The fourth-order valence-electron chi connectivity index (χ4n) is 3.54. The number of hydrogen-bond donors (Lipinski definition) is 5. The molecule has 61 heavy (non-hydrogen) atoms. The van der Waals surface area contributed by atoms with Crippen LogP contribution in [0, 0.1) is 75.1 Å². The monoisotopic (exact) mass is 858 g/mol. The molecule has 0 aliphatic heterocycles. The maximum absolute atomic E-state index is 10.6. The second kappa shape index (κ2) is 27.0. The van der Waals surface area contributed by atoms with Crippen molar-refractivity contribution in [2.45, 2.75) is 55.9 Å². The van der Waals surface area contributed by atoms with E-state index in [2.05, 4.69) is 24.9 Å². The van der Waals surface area contributed by atoms with Gasteiger partial charge < -0.3 is 56.0 Å². The first-order valence-electron chi connectivity index (χ1n) is 16.1. The first kappa shape index (κ1) is 54.4. The van der Waals surface area contributed by atoms with Gasteiger partial charge in [0.2, 0.25) is 5.75 Å². The number of hydrogen-bond acceptors (Lipinski definition) is 21. The van der Waals surface area contributed by atoms with Crippen molar-refractivity contribution in [3.8, 4) is 28.7 Å². The van der Waals surface area contributed by atoms with Gasteiger partial charge in [0.1, 0.15) is 11.6 Å². The zero-order chi connectivity index (χ0) is 46.3. The second-order valence-electron chi connectivity index (χ2n) is 10.9. The van der Waals surface area contributed by atoms with Crippen LogP contribution >= 0.6 is 0 Å². The molecule has 5 heterocycles. The minimum atomic E-state index is -1.50. The summed E-state index contributed by atoms with van der Waals surface area (Å²) < 4.78 is 9.60. The van der Waals surface area contributed by atoms with Gasteiger partial charge in [-0.3, -0.25) is 29.7 Å². The van der Waals surface area contributed by atoms with Crippen LogP contribution in [0.15, 0.2) is 67.0 Å². The lowest BCUT2D eigenvalue weighted by Crippen LogP contribution is -2.04. The molecule has 0 aliphatic carbocycles. The molecule has 5 aromatic rings. The van der Waals surface area contributed by atoms with E-state index >= 15 is 0 Å². The minimum absolute atomic E-state index is 0. The number of pyridine rings is 5. The summed E-state index contributed by atoms with van der Waals surface area (Å²) in [6.45, 7) is 10.6. The zero-order valence-electron chi connectivity index (χ0n) is 32.6. The van der Waals surface area contributed by atoms with Crippen LogP contribution in [-0.2, 0) is 9.59 Å². The van der Waals surface area contributed by atoms with Gasteiger partial charge in [-0.05, 0) is 77.0 Å². The number of aromatic nitrogens is 5. The van der Waals surface area contributed by atoms with Crippen molar-refractivity contribution >= 4 is 35.1 Å². The lowest BCUT2D eigenvalue weighted by atomic mass is 10.3. The Kier molecular flexibility index (Phi) is 24.1. The highest BCUT2D eigenvalue weighted by Gasteiger charge is 2.15. The summed E-state index contributed by atoms with van der Waals surface area (Å²) in [5, 5.41) is 71.1. The summed E-state index contributed by atoms with van der Waals surface area (Å²) in [7, 11) is 0. The number of anilines is 1. The van der Waals surface area contributed by atoms with Gasteiger partial charge in [0.25, 0.3) is 5.09 Å². The molecular formula is C35H42N10O16. The van der Waals surface area contributed by atoms with Crippen LogP contribution in [-0.4, -0.2) is 77.2 Å². The molecule has 5 rings (SSSR count). The van der Waals surface area contributed by atoms with Gasteiger partial charge in [0.05, 0.1) is 22.0 Å². The van der Waals surface area contributed by atoms with E-state index in [-0.39, 0.29) is 65.1 Å². The molecule has 0 aliphatic rings. The molecule has 0 atom stereocenters. The Balaban J connectivity index is 0. The van der Waals surface area contributed by atoms with Crippen LogP contribution in [0.3, 0.4) is 0 Å². The van der Waals surface area contributed by atoms with Crippen LogP contribution in [0.1, 0.15) is 49.7 Å². The Labute approximate surface area is 345 Å². The van der Waals surface area contributed by atoms with E-state index in [1.165, 1.54) is 59.0 Å². The van der Waals surface area contributed by atoms with E-state index in [1.807, 2.05) is 0 Å². The first-order valence-corrected chi connectivity index (χ1v) is 16.1. The maximum atomic E-state index is 10.6. The lowest BCUT2D eigenvalue weighted by Gasteiger charge is -2.03. The van der Waals surface area contributed by atoms with Crippen molar-refractivity contribution in [1.82, 2.24) is 24.9 Å². The summed E-state index contributed by atoms with van der Waals surface area (Å²) in [5.41, 5.74) is 7.23. The molecule has 0 unspecified atom stereocenters. The van der Waals surface area contributed by atoms with E-state index in [0.717, 1.165) is 12.1 Å². The van der Waals surface area contributed by atoms with E-state index in [9.17, 15) is 39.9 Å². The highest BCUT2D eigenvalue weighted by molar-refractivity contribution is 5.70. The van der Waals surface area contributed by atoms with Gasteiger partial charge in [-0.2, -0.15) is 0 Å². The minimum Gasteiger partial charge on any atom is -0.506 e. The third kappa shape index (κ3) is 22.0. The Bertz CT molecular complexity index is 2270. The van der Waals surface area contributed by atoms with Crippen molar-refractivity contribution in [2.24, 2.45) is 0 Å². The van der Waals surface area contributed by atoms with Crippen LogP contribution in [0.25, 0.3) is 0 Å². The first-order chi connectivity index (χ1) is 27.9. The van der Waals surface area contributed by atoms with Gasteiger partial charge in [0, 0.05) is 58.3 Å². The Hall–Kier alpha value is -8.71. The number of aryl methyl sites for hydroxylation is 5. The Morgan fingerprint density at radius 2 is 1.02 bits per heavy atom. The highest BCUT2D eigenvalue weighted by atomic mass is 16.9. The normalized spacial score (nSPS) is 9.10. The molecule has 6 N–H and O–H groups in total. The predicted molar refractivity (Wildman–Crippen MR) is 212 cm³/mol. The Morgan fingerprint density at radius 3 is 1.38 bits per heavy atom. The van der Waals surface area contributed by atoms with Gasteiger partial charge >= 0.3 is 29.3 Å². The van der Waals surface area contributed by atoms with Crippen LogP contribution in [0.5, 0.6) is 28.7 Å². The topological polar surface area (TPSA) is 397 Å². The highest BCUT2D eigenvalue weighted by Crippen LogP contribution is 2.26. The summed E-state index contributed by atoms with van der Waals surface area (Å²) in [4.78, 5) is 76.9. The van der Waals surface area contributed by atoms with E-state index in [1.54, 1.807) is 44.3 Å². The number of nitrogens with two attached hydrogens (primary N) is 1. The van der Waals surface area contributed by atoms with Crippen molar-refractivity contribution in [1.29, 1.82) is 0 Å². The van der Waals surface area contributed by atoms with Gasteiger partial charge in [0.15, 0.2) is 28.6 Å². The number of nitrogens with zero attached hydrogens (tertiary/aromatic N) is 9. The molecule has 0 aromatic carbocycles. The molecule has 0 radical (unpaired) electrons. The average molecular weight is 859 g/mol. The lowest BCUT2D eigenvalue weighted by molar-refractivity contribution is -0.742. The van der Waals surface area contributed by atoms with Crippen LogP contribution < -0.4 is 15.2 Å². The van der Waals surface area contributed by atoms with E-state index in [4.69, 9.17) is 45.8 Å². The SMILES string of the molecule is C.CC(=O)Oc1ccc(N)nc1C.CC(=O)Oc1ccc([N+](=O)[O-])nc1C.Cc1nc([N+](=O)[O-])ccc1O.Cc1nccc([N+](=O)[O-])c1O.Cc1ncccc1O.O=[N+]([O-])O. The van der Waals surface area contributed by atoms with Crippen molar-refractivity contribution in [3.05, 3.63) is 136 Å². The standard InChI is InChI=1S/C8H8N2O4.C8H10N2O2.2C6H6N2O3.C6H7NO.CH4.HNO3/c1-5-7(14-6(2)11)3-4-8(9-5)10(12)13;1-5-7(12-6(2)11)3-4-8(9)10-5;1-4-6(9)5(8(10)11)2-3-7-4;1-4-5(9)2-3-6(7-4)8(10)11;1-5-6(8)3-2-4-7-5;;2-1(3)4/h3-4H,1-2H3;3-4H,1-2H3,(H2,9,10);2*2-3,9H,1H3;2-4,8H,1H3;1H4;(H,2,3,4). The van der Waals surface area contributed by atoms with Gasteiger partial charge in [-0.1, -0.05) is 7.43 Å². The molecule has 0 amide bonds. The molecule has 328 valence electrons. The second-order valence-corrected chi connectivity index (χ2v) is 10.9. The number of carbonyl (C=O) groups is 2. The maximum Gasteiger partial charge on any atom is 0.363 e. The largest absolute Gasteiger partial charge is 0.506 e. The molecule has 5 aromatic heterocycles. The molecule has 26 heteroatoms. The van der Waals surface area contributed by atoms with Crippen molar-refractivity contribution in [2.75, 3.05) is 5.73 Å². The van der Waals surface area contributed by atoms with Gasteiger partial charge in [-0.25, -0.2) is 4.98 Å². The van der Waals surface area contributed by atoms with Crippen LogP contribution in [0.4, 0.5) is 23.1 Å². The van der Waals surface area contributed by atoms with Crippen molar-refractivity contribution < 1.29 is 59.4 Å². The number of aromatic hydroxyl groups is 3. The zero-order valence-corrected chi connectivity index (χ0v) is 32.6. The third-order valence-electron chi connectivity index (χ3n) is 6.27. The molecule has 26 nitrogen and oxygen atoms in total. The van der Waals surface area contributed by atoms with E-state index < -0.39 is 25.8 Å². The smallest absolute Gasteiger partial charge is 0.363 e. The predicted octanol–water partition coefficient (Wildman–Crippen LogP) is 5.51. The molecule has 0 spiro atoms. The quantitative estimate of drug-likeness (QED) is 0.0825. The summed E-state index contributed by atoms with van der Waals surface area (Å²) in [6, 6.07) is 12.6. The fraction of sp³-hybridized carbons (Fsp3) is 0.229. The average Bonchev–Trinajstić information content (AvgIpc) is 3.14. The number of nitrogen functional groups attached to an aromatic ring is 1. The summed E-state index contributed by atoms with van der Waals surface area (Å²) in [6.07, 6.45) is 2.93. The number of carbonyl (C=O) groups excluding carboxylic acids is 2. The number of rotatable bonds is 5. The van der Waals surface area contributed by atoms with Crippen molar-refractivity contribution in [3.63, 3.8) is 0 Å². The fourth-order valence-corrected chi connectivity index (χ4v) is 3.54. The van der Waals surface area contributed by atoms with E-state index in [0.29, 0.717) is 28.6 Å². The van der Waals surface area contributed by atoms with Gasteiger partial charge in [-0.15, -0.1) is 10.1 Å².